The van der Waals surface area contributed by atoms with Gasteiger partial charge in [-0.25, -0.2) is 0 Å². The van der Waals surface area contributed by atoms with Gasteiger partial charge in [-0.05, 0) is 80.5 Å². The summed E-state index contributed by atoms with van der Waals surface area (Å²) >= 11 is 12.6. The molecule has 1 heterocycles. The molecule has 0 radical (unpaired) electrons. The van der Waals surface area contributed by atoms with Gasteiger partial charge < -0.3 is 15.4 Å². The fourth-order valence-corrected chi connectivity index (χ4v) is 5.29. The smallest absolute Gasteiger partial charge is 0.406 e. The molecule has 37 heavy (non-hydrogen) atoms. The van der Waals surface area contributed by atoms with E-state index in [-0.39, 0.29) is 23.7 Å². The van der Waals surface area contributed by atoms with Gasteiger partial charge in [-0.1, -0.05) is 48.3 Å². The van der Waals surface area contributed by atoms with Gasteiger partial charge in [0, 0.05) is 22.3 Å². The summed E-state index contributed by atoms with van der Waals surface area (Å²) in [5.74, 6) is -0.487. The molecule has 2 aromatic carbocycles. The topological polar surface area (TPSA) is 62.7 Å². The van der Waals surface area contributed by atoms with E-state index in [1.54, 1.807) is 12.1 Å². The number of carbonyl (C=O) groups excluding carboxylic acids is 1. The summed E-state index contributed by atoms with van der Waals surface area (Å²) in [6.45, 7) is 3.79. The Morgan fingerprint density at radius 2 is 1.95 bits per heavy atom. The molecule has 2 unspecified atom stereocenters. The quantitative estimate of drug-likeness (QED) is 0.359. The van der Waals surface area contributed by atoms with E-state index in [0.29, 0.717) is 41.3 Å². The minimum absolute atomic E-state index is 0.139. The summed E-state index contributed by atoms with van der Waals surface area (Å²) in [7, 11) is 0. The molecule has 2 fully saturated rings. The minimum atomic E-state index is -4.77. The number of nitrogens with one attached hydrogen (secondary N) is 2. The second-order valence-electron chi connectivity index (χ2n) is 9.59. The summed E-state index contributed by atoms with van der Waals surface area (Å²) in [6, 6.07) is 10.6. The van der Waals surface area contributed by atoms with Crippen LogP contribution in [0, 0.1) is 0 Å². The van der Waals surface area contributed by atoms with E-state index in [2.05, 4.69) is 15.4 Å². The number of piperidine rings is 1. The van der Waals surface area contributed by atoms with E-state index in [4.69, 9.17) is 28.2 Å². The van der Waals surface area contributed by atoms with Crippen molar-refractivity contribution in [2.45, 2.75) is 69.3 Å². The van der Waals surface area contributed by atoms with Crippen LogP contribution in [0.25, 0.3) is 0 Å². The molecular weight excluding hydrogens is 526 g/mol. The predicted octanol–water partition coefficient (Wildman–Crippen LogP) is 6.25. The maximum Gasteiger partial charge on any atom is 0.573 e. The van der Waals surface area contributed by atoms with Gasteiger partial charge >= 0.3 is 6.36 Å². The third-order valence-electron chi connectivity index (χ3n) is 6.95. The number of benzene rings is 2. The number of hydrogen-bond acceptors (Lipinski definition) is 4. The Bertz CT molecular complexity index is 1130. The second kappa shape index (κ2) is 11.6. The number of rotatable bonds is 9. The van der Waals surface area contributed by atoms with Crippen molar-refractivity contribution in [1.29, 1.82) is 0 Å². The zero-order valence-electron chi connectivity index (χ0n) is 20.5. The highest BCUT2D eigenvalue weighted by molar-refractivity contribution is 6.35. The number of ether oxygens (including phenoxy) is 1. The predicted molar refractivity (Wildman–Crippen MR) is 140 cm³/mol. The lowest BCUT2D eigenvalue weighted by Gasteiger charge is -2.27. The Kier molecular flexibility index (Phi) is 8.71. The summed E-state index contributed by atoms with van der Waals surface area (Å²) in [6.07, 6.45) is -0.421. The summed E-state index contributed by atoms with van der Waals surface area (Å²) in [4.78, 5) is 18.7. The van der Waals surface area contributed by atoms with Crippen LogP contribution in [-0.2, 0) is 16.6 Å². The Morgan fingerprint density at radius 1 is 1.22 bits per heavy atom. The second-order valence-corrected chi connectivity index (χ2v) is 10.4. The van der Waals surface area contributed by atoms with Crippen LogP contribution >= 0.6 is 23.2 Å². The largest absolute Gasteiger partial charge is 0.573 e. The molecule has 5 nitrogen and oxygen atoms in total. The normalized spacial score (nSPS) is 20.3. The standard InChI is InChI=1S/C27H30Cl2F3N3O2/c1-2-23(34-20-4-3-13-33-16-20)24(14-17-5-8-19(28)15-22(17)29)35-25(36)26(11-12-26)18-6-9-21(10-7-18)37-27(30,31)32/h5-10,15,20,24,33H,2-4,11-14,16H2,1H3,(H,35,36). The van der Waals surface area contributed by atoms with Gasteiger partial charge in [0.15, 0.2) is 0 Å². The molecule has 0 bridgehead atoms. The lowest BCUT2D eigenvalue weighted by atomic mass is 9.93. The third kappa shape index (κ3) is 7.18. The van der Waals surface area contributed by atoms with Gasteiger partial charge in [-0.2, -0.15) is 0 Å². The van der Waals surface area contributed by atoms with Crippen LogP contribution in [0.15, 0.2) is 47.5 Å². The fourth-order valence-electron chi connectivity index (χ4n) is 4.81. The number of aliphatic imine (C=N–C) groups is 1. The van der Waals surface area contributed by atoms with Crippen LogP contribution in [0.4, 0.5) is 13.2 Å². The molecular formula is C27H30Cl2F3N3O2. The van der Waals surface area contributed by atoms with Crippen molar-refractivity contribution in [3.05, 3.63) is 63.6 Å². The van der Waals surface area contributed by atoms with Crippen LogP contribution in [0.1, 0.15) is 50.2 Å². The van der Waals surface area contributed by atoms with Gasteiger partial charge in [0.2, 0.25) is 5.91 Å². The Hall–Kier alpha value is -2.29. The van der Waals surface area contributed by atoms with E-state index < -0.39 is 11.8 Å². The number of halogens is 5. The van der Waals surface area contributed by atoms with E-state index in [0.717, 1.165) is 37.2 Å². The first-order chi connectivity index (χ1) is 17.6. The first-order valence-electron chi connectivity index (χ1n) is 12.5. The zero-order chi connectivity index (χ0) is 26.6. The zero-order valence-corrected chi connectivity index (χ0v) is 22.0. The molecule has 2 aliphatic rings. The molecule has 0 aromatic heterocycles. The molecule has 2 N–H and O–H groups in total. The van der Waals surface area contributed by atoms with Crippen molar-refractivity contribution in [3.63, 3.8) is 0 Å². The molecule has 4 rings (SSSR count). The SMILES string of the molecule is CCC(=NC1CCCNC1)C(Cc1ccc(Cl)cc1Cl)NC(=O)C1(c2ccc(OC(F)(F)F)cc2)CC1. The third-order valence-corrected chi connectivity index (χ3v) is 7.54. The van der Waals surface area contributed by atoms with Crippen LogP contribution in [-0.4, -0.2) is 43.2 Å². The van der Waals surface area contributed by atoms with Crippen molar-refractivity contribution < 1.29 is 22.7 Å². The molecule has 2 aromatic rings. The monoisotopic (exact) mass is 555 g/mol. The van der Waals surface area contributed by atoms with Crippen molar-refractivity contribution in [1.82, 2.24) is 10.6 Å². The minimum Gasteiger partial charge on any atom is -0.406 e. The number of hydrogen-bond donors (Lipinski definition) is 2. The molecule has 200 valence electrons. The summed E-state index contributed by atoms with van der Waals surface area (Å²) in [5.41, 5.74) is 1.61. The molecule has 1 saturated carbocycles. The van der Waals surface area contributed by atoms with Crippen LogP contribution in [0.5, 0.6) is 5.75 Å². The molecule has 1 saturated heterocycles. The molecule has 10 heteroatoms. The molecule has 1 amide bonds. The maximum absolute atomic E-state index is 13.6. The Balaban J connectivity index is 1.57. The summed E-state index contributed by atoms with van der Waals surface area (Å²) < 4.78 is 41.6. The van der Waals surface area contributed by atoms with Crippen molar-refractivity contribution >= 4 is 34.8 Å². The lowest BCUT2D eigenvalue weighted by molar-refractivity contribution is -0.274. The number of alkyl halides is 3. The lowest BCUT2D eigenvalue weighted by Crippen LogP contribution is -2.47. The van der Waals surface area contributed by atoms with E-state index in [1.165, 1.54) is 24.3 Å². The van der Waals surface area contributed by atoms with E-state index in [9.17, 15) is 18.0 Å². The highest BCUT2D eigenvalue weighted by atomic mass is 35.5. The van der Waals surface area contributed by atoms with E-state index >= 15 is 0 Å². The number of nitrogens with zero attached hydrogens (tertiary/aromatic N) is 1. The maximum atomic E-state index is 13.6. The highest BCUT2D eigenvalue weighted by Gasteiger charge is 2.51. The average Bonchev–Trinajstić information content (AvgIpc) is 3.66. The summed E-state index contributed by atoms with van der Waals surface area (Å²) in [5, 5.41) is 7.63. The van der Waals surface area contributed by atoms with Gasteiger partial charge in [0.05, 0.1) is 17.5 Å². The van der Waals surface area contributed by atoms with Gasteiger partial charge in [-0.3, -0.25) is 9.79 Å². The van der Waals surface area contributed by atoms with Crippen molar-refractivity contribution in [2.24, 2.45) is 4.99 Å². The molecule has 1 aliphatic carbocycles. The van der Waals surface area contributed by atoms with Crippen LogP contribution in [0.2, 0.25) is 10.0 Å². The first kappa shape index (κ1) is 27.7. The van der Waals surface area contributed by atoms with Gasteiger partial charge in [0.25, 0.3) is 0 Å². The van der Waals surface area contributed by atoms with Crippen molar-refractivity contribution in [2.75, 3.05) is 13.1 Å². The Morgan fingerprint density at radius 3 is 2.51 bits per heavy atom. The first-order valence-corrected chi connectivity index (χ1v) is 13.2. The molecule has 2 atom stereocenters. The fraction of sp³-hybridized carbons (Fsp3) is 0.481. The Labute approximate surface area is 224 Å². The van der Waals surface area contributed by atoms with Gasteiger partial charge in [0.1, 0.15) is 5.75 Å². The highest BCUT2D eigenvalue weighted by Crippen LogP contribution is 2.49. The van der Waals surface area contributed by atoms with E-state index in [1.807, 2.05) is 13.0 Å². The number of amides is 1. The van der Waals surface area contributed by atoms with Crippen molar-refractivity contribution in [3.8, 4) is 5.75 Å². The number of carbonyl (C=O) groups is 1. The van der Waals surface area contributed by atoms with Crippen LogP contribution in [0.3, 0.4) is 0 Å². The van der Waals surface area contributed by atoms with Gasteiger partial charge in [-0.15, -0.1) is 13.2 Å². The average molecular weight is 556 g/mol. The van der Waals surface area contributed by atoms with Crippen LogP contribution < -0.4 is 15.4 Å². The molecule has 0 spiro atoms. The molecule has 1 aliphatic heterocycles.